The van der Waals surface area contributed by atoms with E-state index in [1.165, 1.54) is 0 Å². The number of rotatable bonds is 3. The molecule has 24 heavy (non-hydrogen) atoms. The SMILES string of the molecule is S=C(Nc1ccc(Cl)cc1)Nn1c(-c2ccc(Cl)cc2)n[nH]c1=S. The standard InChI is InChI=1S/C15H11Cl2N5S2/c16-10-3-1-9(2-4-10)13-19-20-15(24)22(13)21-14(23)18-12-7-5-11(17)6-8-12/h1-8H,(H,20,24)(H2,18,21,23). The number of nitrogens with one attached hydrogen (secondary N) is 3. The van der Waals surface area contributed by atoms with Crippen molar-refractivity contribution >= 4 is 58.4 Å². The molecule has 1 heterocycles. The zero-order chi connectivity index (χ0) is 17.1. The fourth-order valence-electron chi connectivity index (χ4n) is 1.99. The Morgan fingerprint density at radius 3 is 2.21 bits per heavy atom. The van der Waals surface area contributed by atoms with E-state index in [0.29, 0.717) is 25.8 Å². The molecule has 122 valence electrons. The maximum Gasteiger partial charge on any atom is 0.215 e. The number of hydrogen-bond donors (Lipinski definition) is 3. The van der Waals surface area contributed by atoms with Gasteiger partial charge >= 0.3 is 0 Å². The Labute approximate surface area is 158 Å². The summed E-state index contributed by atoms with van der Waals surface area (Å²) in [6.07, 6.45) is 0. The third kappa shape index (κ3) is 3.93. The van der Waals surface area contributed by atoms with Crippen molar-refractivity contribution in [2.75, 3.05) is 10.7 Å². The third-order valence-corrected chi connectivity index (χ3v) is 4.06. The fraction of sp³-hybridized carbons (Fsp3) is 0. The number of benzene rings is 2. The highest BCUT2D eigenvalue weighted by Crippen LogP contribution is 2.19. The molecule has 1 aromatic heterocycles. The maximum atomic E-state index is 5.92. The highest BCUT2D eigenvalue weighted by atomic mass is 35.5. The van der Waals surface area contributed by atoms with Crippen molar-refractivity contribution in [3.8, 4) is 11.4 Å². The molecule has 0 aliphatic rings. The van der Waals surface area contributed by atoms with E-state index in [9.17, 15) is 0 Å². The number of hydrogen-bond acceptors (Lipinski definition) is 3. The van der Waals surface area contributed by atoms with Crippen LogP contribution in [0.15, 0.2) is 48.5 Å². The molecule has 0 fully saturated rings. The first kappa shape index (κ1) is 16.9. The lowest BCUT2D eigenvalue weighted by Crippen LogP contribution is -2.28. The van der Waals surface area contributed by atoms with Gasteiger partial charge in [0.05, 0.1) is 0 Å². The van der Waals surface area contributed by atoms with Crippen LogP contribution >= 0.6 is 47.6 Å². The van der Waals surface area contributed by atoms with E-state index < -0.39 is 0 Å². The molecule has 0 saturated heterocycles. The minimum absolute atomic E-state index is 0.366. The van der Waals surface area contributed by atoms with Crippen LogP contribution in [0, 0.1) is 4.77 Å². The summed E-state index contributed by atoms with van der Waals surface area (Å²) in [5.74, 6) is 0.594. The lowest BCUT2D eigenvalue weighted by Gasteiger charge is -2.13. The first-order chi connectivity index (χ1) is 11.5. The van der Waals surface area contributed by atoms with E-state index in [2.05, 4.69) is 20.9 Å². The smallest absolute Gasteiger partial charge is 0.215 e. The van der Waals surface area contributed by atoms with E-state index >= 15 is 0 Å². The zero-order valence-electron chi connectivity index (χ0n) is 12.1. The van der Waals surface area contributed by atoms with Crippen molar-refractivity contribution in [1.82, 2.24) is 14.9 Å². The van der Waals surface area contributed by atoms with Gasteiger partial charge in [0, 0.05) is 21.3 Å². The van der Waals surface area contributed by atoms with Crippen LogP contribution in [-0.2, 0) is 0 Å². The van der Waals surface area contributed by atoms with Crippen molar-refractivity contribution in [3.63, 3.8) is 0 Å². The van der Waals surface area contributed by atoms with Gasteiger partial charge in [0.1, 0.15) is 0 Å². The lowest BCUT2D eigenvalue weighted by molar-refractivity contribution is 0.963. The molecule has 0 aliphatic carbocycles. The molecule has 2 aromatic carbocycles. The highest BCUT2D eigenvalue weighted by Gasteiger charge is 2.10. The van der Waals surface area contributed by atoms with Gasteiger partial charge in [0.25, 0.3) is 0 Å². The highest BCUT2D eigenvalue weighted by molar-refractivity contribution is 7.80. The predicted molar refractivity (Wildman–Crippen MR) is 105 cm³/mol. The largest absolute Gasteiger partial charge is 0.331 e. The molecule has 0 unspecified atom stereocenters. The van der Waals surface area contributed by atoms with Gasteiger partial charge in [-0.2, -0.15) is 5.10 Å². The van der Waals surface area contributed by atoms with Crippen molar-refractivity contribution in [2.24, 2.45) is 0 Å². The van der Waals surface area contributed by atoms with Gasteiger partial charge in [-0.05, 0) is 73.0 Å². The van der Waals surface area contributed by atoms with E-state index in [-0.39, 0.29) is 0 Å². The lowest BCUT2D eigenvalue weighted by atomic mass is 10.2. The monoisotopic (exact) mass is 395 g/mol. The van der Waals surface area contributed by atoms with E-state index in [1.807, 2.05) is 24.3 Å². The molecule has 0 amide bonds. The van der Waals surface area contributed by atoms with Crippen LogP contribution in [0.25, 0.3) is 11.4 Å². The number of nitrogens with zero attached hydrogens (tertiary/aromatic N) is 2. The number of aromatic amines is 1. The van der Waals surface area contributed by atoms with Gasteiger partial charge in [-0.1, -0.05) is 23.2 Å². The van der Waals surface area contributed by atoms with Crippen molar-refractivity contribution < 1.29 is 0 Å². The summed E-state index contributed by atoms with van der Waals surface area (Å²) in [6, 6.07) is 14.5. The quantitative estimate of drug-likeness (QED) is 0.553. The summed E-state index contributed by atoms with van der Waals surface area (Å²) in [5, 5.41) is 11.7. The second-order valence-corrected chi connectivity index (χ2v) is 6.44. The zero-order valence-corrected chi connectivity index (χ0v) is 15.2. The first-order valence-corrected chi connectivity index (χ1v) is 8.37. The number of aromatic nitrogens is 3. The second-order valence-electron chi connectivity index (χ2n) is 4.77. The molecular formula is C15H11Cl2N5S2. The number of anilines is 1. The number of thiocarbonyl (C=S) groups is 1. The Balaban J connectivity index is 1.81. The van der Waals surface area contributed by atoms with E-state index in [4.69, 9.17) is 47.6 Å². The topological polar surface area (TPSA) is 57.7 Å². The van der Waals surface area contributed by atoms with Gasteiger partial charge in [0.2, 0.25) is 4.77 Å². The van der Waals surface area contributed by atoms with Gasteiger partial charge in [-0.15, -0.1) is 0 Å². The Bertz CT molecular complexity index is 916. The average Bonchev–Trinajstić information content (AvgIpc) is 2.91. The van der Waals surface area contributed by atoms with Crippen LogP contribution in [0.3, 0.4) is 0 Å². The van der Waals surface area contributed by atoms with Crippen molar-refractivity contribution in [3.05, 3.63) is 63.3 Å². The van der Waals surface area contributed by atoms with Gasteiger partial charge in [0.15, 0.2) is 10.9 Å². The Kier molecular flexibility index (Phi) is 5.15. The van der Waals surface area contributed by atoms with Crippen molar-refractivity contribution in [2.45, 2.75) is 0 Å². The second kappa shape index (κ2) is 7.31. The summed E-state index contributed by atoms with van der Waals surface area (Å²) in [5.41, 5.74) is 4.65. The summed E-state index contributed by atoms with van der Waals surface area (Å²) < 4.78 is 1.98. The summed E-state index contributed by atoms with van der Waals surface area (Å²) in [6.45, 7) is 0. The normalized spacial score (nSPS) is 10.4. The molecule has 9 heteroatoms. The number of halogens is 2. The molecule has 0 saturated carbocycles. The maximum absolute atomic E-state index is 5.92. The third-order valence-electron chi connectivity index (χ3n) is 3.09. The molecule has 3 aromatic rings. The molecule has 0 bridgehead atoms. The van der Waals surface area contributed by atoms with Gasteiger partial charge in [-0.25, -0.2) is 9.77 Å². The molecule has 0 atom stereocenters. The van der Waals surface area contributed by atoms with Gasteiger partial charge in [-0.3, -0.25) is 5.43 Å². The van der Waals surface area contributed by atoms with Crippen molar-refractivity contribution in [1.29, 1.82) is 0 Å². The van der Waals surface area contributed by atoms with Gasteiger partial charge < -0.3 is 5.32 Å². The average molecular weight is 396 g/mol. The number of H-pyrrole nitrogens is 1. The summed E-state index contributed by atoms with van der Waals surface area (Å²) >= 11 is 22.4. The van der Waals surface area contributed by atoms with Crippen LogP contribution in [0.1, 0.15) is 0 Å². The van der Waals surface area contributed by atoms with Crippen LogP contribution in [0.2, 0.25) is 10.0 Å². The van der Waals surface area contributed by atoms with Crippen LogP contribution < -0.4 is 10.7 Å². The van der Waals surface area contributed by atoms with Crippen LogP contribution in [-0.4, -0.2) is 20.0 Å². The minimum atomic E-state index is 0.366. The molecule has 5 nitrogen and oxygen atoms in total. The molecule has 3 N–H and O–H groups in total. The van der Waals surface area contributed by atoms with E-state index in [1.54, 1.807) is 28.9 Å². The summed E-state index contributed by atoms with van der Waals surface area (Å²) in [4.78, 5) is 0. The molecule has 0 spiro atoms. The molecule has 0 aliphatic heterocycles. The minimum Gasteiger partial charge on any atom is -0.331 e. The predicted octanol–water partition coefficient (Wildman–Crippen LogP) is 4.85. The Hall–Kier alpha value is -1.93. The van der Waals surface area contributed by atoms with Crippen LogP contribution in [0.5, 0.6) is 0 Å². The molecular weight excluding hydrogens is 385 g/mol. The summed E-state index contributed by atoms with van der Waals surface area (Å²) in [7, 11) is 0. The van der Waals surface area contributed by atoms with E-state index in [0.717, 1.165) is 11.3 Å². The fourth-order valence-corrected chi connectivity index (χ4v) is 2.63. The first-order valence-electron chi connectivity index (χ1n) is 6.80. The Morgan fingerprint density at radius 2 is 1.58 bits per heavy atom. The Morgan fingerprint density at radius 1 is 1.00 bits per heavy atom. The molecule has 0 radical (unpaired) electrons. The van der Waals surface area contributed by atoms with Crippen LogP contribution in [0.4, 0.5) is 5.69 Å². The molecule has 3 rings (SSSR count).